The molecule has 0 atom stereocenters. The Morgan fingerprint density at radius 2 is 1.94 bits per heavy atom. The van der Waals surface area contributed by atoms with E-state index >= 15 is 0 Å². The van der Waals surface area contributed by atoms with Crippen LogP contribution in [0.4, 0.5) is 4.79 Å². The maximum Gasteiger partial charge on any atom is 0.410 e. The lowest BCUT2D eigenvalue weighted by atomic mass is 9.95. The number of carboxylic acid groups (broad SMARTS) is 1. The van der Waals surface area contributed by atoms with Crippen LogP contribution < -0.4 is 0 Å². The van der Waals surface area contributed by atoms with Crippen LogP contribution in [0.3, 0.4) is 0 Å². The molecule has 1 saturated heterocycles. The molecule has 0 saturated carbocycles. The highest BCUT2D eigenvalue weighted by atomic mass is 32.2. The Bertz CT molecular complexity index is 318. The third kappa shape index (κ3) is 3.80. The van der Waals surface area contributed by atoms with Gasteiger partial charge >= 0.3 is 12.1 Å². The molecule has 1 N–H and O–H groups in total. The molecule has 1 aliphatic heterocycles. The lowest BCUT2D eigenvalue weighted by Crippen LogP contribution is -2.62. The summed E-state index contributed by atoms with van der Waals surface area (Å²) < 4.78 is 4.87. The van der Waals surface area contributed by atoms with Crippen LogP contribution in [-0.2, 0) is 9.53 Å². The molecule has 0 radical (unpaired) electrons. The molecule has 5 nitrogen and oxygen atoms in total. The summed E-state index contributed by atoms with van der Waals surface area (Å²) in [5.74, 6) is -0.830. The lowest BCUT2D eigenvalue weighted by Gasteiger charge is -2.48. The summed E-state index contributed by atoms with van der Waals surface area (Å²) in [5.41, 5.74) is -0.512. The van der Waals surface area contributed by atoms with Crippen LogP contribution in [0.15, 0.2) is 0 Å². The molecule has 1 aliphatic rings. The van der Waals surface area contributed by atoms with Gasteiger partial charge in [0, 0.05) is 13.1 Å². The van der Waals surface area contributed by atoms with Gasteiger partial charge in [0.25, 0.3) is 0 Å². The molecule has 1 heterocycles. The predicted molar refractivity (Wildman–Crippen MR) is 66.3 cm³/mol. The first-order valence-electron chi connectivity index (χ1n) is 5.42. The van der Waals surface area contributed by atoms with Gasteiger partial charge in [-0.2, -0.15) is 11.8 Å². The van der Waals surface area contributed by atoms with E-state index in [-0.39, 0.29) is 17.3 Å². The summed E-state index contributed by atoms with van der Waals surface area (Å²) in [7, 11) is 0. The number of nitrogens with zero attached hydrogens (tertiary/aromatic N) is 1. The number of carboxylic acids is 1. The van der Waals surface area contributed by atoms with E-state index < -0.39 is 11.6 Å². The number of thioether (sulfide) groups is 1. The van der Waals surface area contributed by atoms with Crippen molar-refractivity contribution in [1.82, 2.24) is 4.90 Å². The van der Waals surface area contributed by atoms with Crippen LogP contribution in [0, 0.1) is 0 Å². The first-order chi connectivity index (χ1) is 7.67. The number of rotatable bonds is 3. The summed E-state index contributed by atoms with van der Waals surface area (Å²) >= 11 is 1.50. The number of likely N-dealkylation sites (tertiary alicyclic amines) is 1. The third-order valence-electron chi connectivity index (χ3n) is 2.52. The predicted octanol–water partition coefficient (Wildman–Crippen LogP) is 1.81. The monoisotopic (exact) mass is 261 g/mol. The van der Waals surface area contributed by atoms with Crippen LogP contribution in [-0.4, -0.2) is 51.8 Å². The highest BCUT2D eigenvalue weighted by Gasteiger charge is 2.47. The van der Waals surface area contributed by atoms with Crippen LogP contribution in [0.5, 0.6) is 0 Å². The van der Waals surface area contributed by atoms with E-state index in [4.69, 9.17) is 9.84 Å². The molecule has 6 heteroatoms. The summed E-state index contributed by atoms with van der Waals surface area (Å²) in [6, 6.07) is 0. The average molecular weight is 261 g/mol. The van der Waals surface area contributed by atoms with Gasteiger partial charge in [-0.3, -0.25) is 4.79 Å². The summed E-state index contributed by atoms with van der Waals surface area (Å²) in [4.78, 5) is 23.9. The Balaban J connectivity index is 2.49. The lowest BCUT2D eigenvalue weighted by molar-refractivity contribution is -0.138. The Kier molecular flexibility index (Phi) is 3.96. The normalized spacial score (nSPS) is 18.5. The van der Waals surface area contributed by atoms with E-state index in [1.165, 1.54) is 11.8 Å². The number of amides is 1. The first kappa shape index (κ1) is 14.2. The van der Waals surface area contributed by atoms with Gasteiger partial charge in [-0.15, -0.1) is 0 Å². The van der Waals surface area contributed by atoms with Gasteiger partial charge in [-0.1, -0.05) is 0 Å². The number of ether oxygens (including phenoxy) is 1. The number of hydrogen-bond acceptors (Lipinski definition) is 4. The molecule has 0 unspecified atom stereocenters. The highest BCUT2D eigenvalue weighted by Crippen LogP contribution is 2.37. The van der Waals surface area contributed by atoms with Crippen molar-refractivity contribution >= 4 is 23.8 Å². The molecule has 0 aromatic heterocycles. The maximum atomic E-state index is 11.7. The summed E-state index contributed by atoms with van der Waals surface area (Å²) in [5, 5.41) is 8.81. The van der Waals surface area contributed by atoms with Crippen LogP contribution >= 0.6 is 11.8 Å². The molecule has 1 amide bonds. The average Bonchev–Trinajstić information content (AvgIpc) is 2.06. The molecular weight excluding hydrogens is 242 g/mol. The minimum atomic E-state index is -0.830. The maximum absolute atomic E-state index is 11.7. The molecule has 0 bridgehead atoms. The van der Waals surface area contributed by atoms with Gasteiger partial charge in [0.1, 0.15) is 5.60 Å². The van der Waals surface area contributed by atoms with Crippen molar-refractivity contribution in [1.29, 1.82) is 0 Å². The van der Waals surface area contributed by atoms with Crippen LogP contribution in [0.2, 0.25) is 0 Å². The fourth-order valence-corrected chi connectivity index (χ4v) is 2.53. The smallest absolute Gasteiger partial charge is 0.410 e. The third-order valence-corrected chi connectivity index (χ3v) is 3.78. The molecular formula is C11H19NO4S. The SMILES string of the molecule is CSC1(CC(=O)O)CN(C(=O)OC(C)(C)C)C1. The first-order valence-corrected chi connectivity index (χ1v) is 6.65. The minimum Gasteiger partial charge on any atom is -0.481 e. The number of hydrogen-bond donors (Lipinski definition) is 1. The van der Waals surface area contributed by atoms with E-state index in [1.54, 1.807) is 4.90 Å². The van der Waals surface area contributed by atoms with Crippen molar-refractivity contribution in [3.8, 4) is 0 Å². The van der Waals surface area contributed by atoms with Gasteiger partial charge in [-0.05, 0) is 27.0 Å². The number of carbonyl (C=O) groups excluding carboxylic acids is 1. The van der Waals surface area contributed by atoms with E-state index in [9.17, 15) is 9.59 Å². The fourth-order valence-electron chi connectivity index (χ4n) is 1.69. The Labute approximate surface area is 105 Å². The molecule has 0 aliphatic carbocycles. The van der Waals surface area contributed by atoms with Crippen molar-refractivity contribution in [3.63, 3.8) is 0 Å². The zero-order valence-electron chi connectivity index (χ0n) is 10.6. The fraction of sp³-hybridized carbons (Fsp3) is 0.818. The minimum absolute atomic E-state index is 0.0768. The Morgan fingerprint density at radius 1 is 1.41 bits per heavy atom. The quantitative estimate of drug-likeness (QED) is 0.839. The topological polar surface area (TPSA) is 66.8 Å². The van der Waals surface area contributed by atoms with Gasteiger partial charge in [0.2, 0.25) is 0 Å². The summed E-state index contributed by atoms with van der Waals surface area (Å²) in [6.07, 6.45) is 1.58. The largest absolute Gasteiger partial charge is 0.481 e. The van der Waals surface area contributed by atoms with E-state index in [0.29, 0.717) is 13.1 Å². The molecule has 98 valence electrons. The van der Waals surface area contributed by atoms with Gasteiger partial charge < -0.3 is 14.7 Å². The van der Waals surface area contributed by atoms with Crippen molar-refractivity contribution in [3.05, 3.63) is 0 Å². The van der Waals surface area contributed by atoms with Crippen molar-refractivity contribution in [2.45, 2.75) is 37.5 Å². The van der Waals surface area contributed by atoms with E-state index in [2.05, 4.69) is 0 Å². The van der Waals surface area contributed by atoms with Gasteiger partial charge in [-0.25, -0.2) is 4.79 Å². The molecule has 0 aromatic carbocycles. The van der Waals surface area contributed by atoms with Crippen LogP contribution in [0.1, 0.15) is 27.2 Å². The Hall–Kier alpha value is -0.910. The Morgan fingerprint density at radius 3 is 2.29 bits per heavy atom. The molecule has 0 spiro atoms. The standard InChI is InChI=1S/C11H19NO4S/c1-10(2,3)16-9(15)12-6-11(7-12,17-4)5-8(13)14/h5-7H2,1-4H3,(H,13,14). The number of carbonyl (C=O) groups is 2. The van der Waals surface area contributed by atoms with Gasteiger partial charge in [0.15, 0.2) is 0 Å². The zero-order valence-corrected chi connectivity index (χ0v) is 11.5. The second-order valence-corrected chi connectivity index (χ2v) is 6.57. The van der Waals surface area contributed by atoms with Crippen LogP contribution in [0.25, 0.3) is 0 Å². The molecule has 17 heavy (non-hydrogen) atoms. The van der Waals surface area contributed by atoms with Crippen molar-refractivity contribution in [2.75, 3.05) is 19.3 Å². The molecule has 0 aromatic rings. The van der Waals surface area contributed by atoms with Crippen molar-refractivity contribution < 1.29 is 19.4 Å². The van der Waals surface area contributed by atoms with Crippen molar-refractivity contribution in [2.24, 2.45) is 0 Å². The second-order valence-electron chi connectivity index (χ2n) is 5.29. The summed E-state index contributed by atoms with van der Waals surface area (Å²) in [6.45, 7) is 6.31. The molecule has 1 rings (SSSR count). The zero-order chi connectivity index (χ0) is 13.3. The number of aliphatic carboxylic acids is 1. The van der Waals surface area contributed by atoms with E-state index in [1.807, 2.05) is 27.0 Å². The highest BCUT2D eigenvalue weighted by molar-refractivity contribution is 8.00. The van der Waals surface area contributed by atoms with Gasteiger partial charge in [0.05, 0.1) is 11.2 Å². The molecule has 1 fully saturated rings. The van der Waals surface area contributed by atoms with E-state index in [0.717, 1.165) is 0 Å². The second kappa shape index (κ2) is 4.76.